The molecule has 0 saturated carbocycles. The maximum Gasteiger partial charge on any atom is 0.161 e. The Labute approximate surface area is 169 Å². The molecule has 0 saturated heterocycles. The van der Waals surface area contributed by atoms with Gasteiger partial charge in [-0.1, -0.05) is 59.7 Å². The highest BCUT2D eigenvalue weighted by Crippen LogP contribution is 2.42. The Hall–Kier alpha value is -1.60. The second-order valence-corrected chi connectivity index (χ2v) is 10.2. The first-order valence-electron chi connectivity index (χ1n) is 8.07. The van der Waals surface area contributed by atoms with Gasteiger partial charge >= 0.3 is 0 Å². The molecule has 0 aliphatic heterocycles. The number of aromatic nitrogens is 2. The van der Waals surface area contributed by atoms with Crippen molar-refractivity contribution in [1.82, 2.24) is 9.97 Å². The normalized spacial score (nSPS) is 11.0. The molecule has 4 aromatic rings. The molecule has 130 valence electrons. The highest BCUT2D eigenvalue weighted by atomic mass is 33.1. The molecule has 2 aromatic heterocycles. The lowest BCUT2D eigenvalue weighted by molar-refractivity contribution is 1.25. The van der Waals surface area contributed by atoms with Gasteiger partial charge < -0.3 is 0 Å². The average molecular weight is 413 g/mol. The molecule has 0 unspecified atom stereocenters. The molecular formula is C20H16N2S4. The minimum Gasteiger partial charge on any atom is -0.229 e. The fourth-order valence-electron chi connectivity index (χ4n) is 2.38. The third-order valence-corrected chi connectivity index (χ3v) is 8.57. The fourth-order valence-corrected chi connectivity index (χ4v) is 6.47. The van der Waals surface area contributed by atoms with Crippen LogP contribution >= 0.6 is 44.3 Å². The first-order valence-corrected chi connectivity index (χ1v) is 12.0. The van der Waals surface area contributed by atoms with Gasteiger partial charge in [0.1, 0.15) is 0 Å². The molecule has 0 atom stereocenters. The monoisotopic (exact) mass is 412 g/mol. The molecule has 4 rings (SSSR count). The lowest BCUT2D eigenvalue weighted by Crippen LogP contribution is -1.78. The molecule has 0 bridgehead atoms. The minimum atomic E-state index is 1.04. The van der Waals surface area contributed by atoms with Crippen LogP contribution in [0, 0.1) is 13.8 Å². The Kier molecular flexibility index (Phi) is 5.45. The van der Waals surface area contributed by atoms with Crippen LogP contribution in [-0.2, 0) is 0 Å². The van der Waals surface area contributed by atoms with Crippen molar-refractivity contribution < 1.29 is 0 Å². The Morgan fingerprint density at radius 3 is 1.38 bits per heavy atom. The number of benzene rings is 2. The second kappa shape index (κ2) is 7.96. The van der Waals surface area contributed by atoms with Crippen molar-refractivity contribution in [2.24, 2.45) is 0 Å². The molecule has 0 amide bonds. The first kappa shape index (κ1) is 17.8. The van der Waals surface area contributed by atoms with Crippen LogP contribution in [0.5, 0.6) is 0 Å². The molecule has 2 heterocycles. The Morgan fingerprint density at radius 2 is 1.00 bits per heavy atom. The molecule has 26 heavy (non-hydrogen) atoms. The van der Waals surface area contributed by atoms with E-state index in [1.54, 1.807) is 44.3 Å². The summed E-state index contributed by atoms with van der Waals surface area (Å²) in [6.45, 7) is 4.20. The number of rotatable bonds is 5. The van der Waals surface area contributed by atoms with E-state index in [4.69, 9.17) is 9.97 Å². The number of hydrogen-bond acceptors (Lipinski definition) is 6. The highest BCUT2D eigenvalue weighted by molar-refractivity contribution is 8.77. The standard InChI is InChI=1S/C20H16N2S4/c1-13-3-7-15(8-4-13)17-11-23-19(21-17)25-26-20-22-18(12-24-20)16-9-5-14(2)6-10-16/h3-12H,1-2H3. The maximum atomic E-state index is 4.74. The molecule has 2 nitrogen and oxygen atoms in total. The van der Waals surface area contributed by atoms with Gasteiger partial charge in [-0.2, -0.15) is 0 Å². The quantitative estimate of drug-likeness (QED) is 0.320. The summed E-state index contributed by atoms with van der Waals surface area (Å²) >= 11 is 3.36. The van der Waals surface area contributed by atoms with Crippen molar-refractivity contribution in [3.05, 3.63) is 70.4 Å². The van der Waals surface area contributed by atoms with Gasteiger partial charge in [0.05, 0.1) is 11.4 Å². The van der Waals surface area contributed by atoms with Crippen molar-refractivity contribution in [3.63, 3.8) is 0 Å². The van der Waals surface area contributed by atoms with Gasteiger partial charge in [0.25, 0.3) is 0 Å². The van der Waals surface area contributed by atoms with Crippen LogP contribution in [0.25, 0.3) is 22.5 Å². The first-order chi connectivity index (χ1) is 12.7. The van der Waals surface area contributed by atoms with Crippen molar-refractivity contribution in [1.29, 1.82) is 0 Å². The van der Waals surface area contributed by atoms with E-state index < -0.39 is 0 Å². The van der Waals surface area contributed by atoms with Crippen molar-refractivity contribution in [2.45, 2.75) is 22.5 Å². The smallest absolute Gasteiger partial charge is 0.161 e. The molecular weight excluding hydrogens is 397 g/mol. The van der Waals surface area contributed by atoms with E-state index in [0.717, 1.165) is 20.1 Å². The number of hydrogen-bond donors (Lipinski definition) is 0. The zero-order chi connectivity index (χ0) is 17.9. The van der Waals surface area contributed by atoms with E-state index in [0.29, 0.717) is 0 Å². The predicted molar refractivity (Wildman–Crippen MR) is 116 cm³/mol. The van der Waals surface area contributed by atoms with Crippen LogP contribution in [0.4, 0.5) is 0 Å². The summed E-state index contributed by atoms with van der Waals surface area (Å²) in [7, 11) is 3.35. The van der Waals surface area contributed by atoms with E-state index >= 15 is 0 Å². The molecule has 0 radical (unpaired) electrons. The molecule has 0 spiro atoms. The van der Waals surface area contributed by atoms with Gasteiger partial charge in [0.15, 0.2) is 8.68 Å². The molecule has 0 aliphatic carbocycles. The van der Waals surface area contributed by atoms with Crippen LogP contribution < -0.4 is 0 Å². The molecule has 0 aliphatic rings. The number of thiazole rings is 2. The van der Waals surface area contributed by atoms with Crippen molar-refractivity contribution in [3.8, 4) is 22.5 Å². The molecule has 6 heteroatoms. The Balaban J connectivity index is 1.42. The van der Waals surface area contributed by atoms with E-state index in [-0.39, 0.29) is 0 Å². The highest BCUT2D eigenvalue weighted by Gasteiger charge is 2.09. The van der Waals surface area contributed by atoms with Gasteiger partial charge in [-0.05, 0) is 35.4 Å². The van der Waals surface area contributed by atoms with Crippen molar-refractivity contribution >= 4 is 44.3 Å². The summed E-state index contributed by atoms with van der Waals surface area (Å²) in [4.78, 5) is 9.47. The van der Waals surface area contributed by atoms with E-state index in [1.165, 1.54) is 22.3 Å². The van der Waals surface area contributed by atoms with Gasteiger partial charge in [0.2, 0.25) is 0 Å². The third-order valence-electron chi connectivity index (χ3n) is 3.85. The van der Waals surface area contributed by atoms with Crippen LogP contribution in [0.3, 0.4) is 0 Å². The molecule has 0 N–H and O–H groups in total. The van der Waals surface area contributed by atoms with Crippen LogP contribution in [0.2, 0.25) is 0 Å². The van der Waals surface area contributed by atoms with Gasteiger partial charge in [0, 0.05) is 21.9 Å². The molecule has 0 fully saturated rings. The van der Waals surface area contributed by atoms with Crippen LogP contribution in [0.1, 0.15) is 11.1 Å². The lowest BCUT2D eigenvalue weighted by atomic mass is 10.1. The second-order valence-electron chi connectivity index (χ2n) is 5.90. The Bertz CT molecular complexity index is 917. The third kappa shape index (κ3) is 4.20. The van der Waals surface area contributed by atoms with Gasteiger partial charge in [-0.3, -0.25) is 0 Å². The summed E-state index contributed by atoms with van der Waals surface area (Å²) in [5.74, 6) is 0. The van der Waals surface area contributed by atoms with Crippen LogP contribution in [-0.4, -0.2) is 9.97 Å². The predicted octanol–water partition coefficient (Wildman–Crippen LogP) is 7.35. The SMILES string of the molecule is Cc1ccc(-c2csc(SSc3nc(-c4ccc(C)cc4)cs3)n2)cc1. The average Bonchev–Trinajstić information content (AvgIpc) is 3.31. The van der Waals surface area contributed by atoms with Crippen molar-refractivity contribution in [2.75, 3.05) is 0 Å². The summed E-state index contributed by atoms with van der Waals surface area (Å²) in [5.41, 5.74) is 6.94. The summed E-state index contributed by atoms with van der Waals surface area (Å²) < 4.78 is 2.11. The largest absolute Gasteiger partial charge is 0.229 e. The van der Waals surface area contributed by atoms with E-state index in [9.17, 15) is 0 Å². The van der Waals surface area contributed by atoms with Crippen LogP contribution in [0.15, 0.2) is 68.0 Å². The number of aryl methyl sites for hydroxylation is 2. The lowest BCUT2D eigenvalue weighted by Gasteiger charge is -1.97. The van der Waals surface area contributed by atoms with Gasteiger partial charge in [-0.15, -0.1) is 22.7 Å². The molecule has 2 aromatic carbocycles. The zero-order valence-corrected chi connectivity index (χ0v) is 17.6. The number of nitrogens with zero attached hydrogens (tertiary/aromatic N) is 2. The van der Waals surface area contributed by atoms with E-state index in [1.807, 2.05) is 0 Å². The zero-order valence-electron chi connectivity index (χ0n) is 14.3. The van der Waals surface area contributed by atoms with E-state index in [2.05, 4.69) is 73.1 Å². The Morgan fingerprint density at radius 1 is 0.615 bits per heavy atom. The fraction of sp³-hybridized carbons (Fsp3) is 0.100. The summed E-state index contributed by atoms with van der Waals surface area (Å²) in [6, 6.07) is 17.0. The maximum absolute atomic E-state index is 4.74. The minimum absolute atomic E-state index is 1.04. The summed E-state index contributed by atoms with van der Waals surface area (Å²) in [6.07, 6.45) is 0. The van der Waals surface area contributed by atoms with Gasteiger partial charge in [-0.25, -0.2) is 9.97 Å². The summed E-state index contributed by atoms with van der Waals surface area (Å²) in [5, 5.41) is 4.24. The topological polar surface area (TPSA) is 25.8 Å².